The summed E-state index contributed by atoms with van der Waals surface area (Å²) in [5, 5.41) is 0. The summed E-state index contributed by atoms with van der Waals surface area (Å²) in [5.74, 6) is -0.728. The van der Waals surface area contributed by atoms with Crippen molar-refractivity contribution in [2.45, 2.75) is 17.7 Å². The zero-order chi connectivity index (χ0) is 14.8. The Labute approximate surface area is 118 Å². The summed E-state index contributed by atoms with van der Waals surface area (Å²) in [7, 11) is -2.36. The summed E-state index contributed by atoms with van der Waals surface area (Å²) in [6.45, 7) is 1.26. The second-order valence-corrected chi connectivity index (χ2v) is 6.72. The van der Waals surface area contributed by atoms with Crippen molar-refractivity contribution >= 4 is 21.4 Å². The van der Waals surface area contributed by atoms with Crippen molar-refractivity contribution in [3.05, 3.63) is 18.2 Å². The van der Waals surface area contributed by atoms with Crippen molar-refractivity contribution in [1.29, 1.82) is 0 Å². The third kappa shape index (κ3) is 3.04. The lowest BCUT2D eigenvalue weighted by molar-refractivity contribution is -0.127. The molecule has 1 aliphatic rings. The number of carbonyl (C=O) groups is 1. The monoisotopic (exact) mass is 298 g/mol. The third-order valence-corrected chi connectivity index (χ3v) is 4.93. The fourth-order valence-electron chi connectivity index (χ4n) is 2.24. The van der Waals surface area contributed by atoms with E-state index < -0.39 is 15.6 Å². The highest BCUT2D eigenvalue weighted by atomic mass is 32.2. The van der Waals surface area contributed by atoms with Gasteiger partial charge in [-0.2, -0.15) is 0 Å². The highest BCUT2D eigenvalue weighted by Crippen LogP contribution is 2.27. The van der Waals surface area contributed by atoms with Crippen LogP contribution in [0.4, 0.5) is 5.69 Å². The summed E-state index contributed by atoms with van der Waals surface area (Å²) >= 11 is 0. The van der Waals surface area contributed by atoms with Crippen LogP contribution in [0.1, 0.15) is 12.8 Å². The number of anilines is 1. The van der Waals surface area contributed by atoms with Crippen LogP contribution in [0.15, 0.2) is 23.1 Å². The first-order valence-corrected chi connectivity index (χ1v) is 8.03. The van der Waals surface area contributed by atoms with Gasteiger partial charge in [0.05, 0.1) is 7.11 Å². The summed E-state index contributed by atoms with van der Waals surface area (Å²) in [5.41, 5.74) is 6.01. The second-order valence-electron chi connectivity index (χ2n) is 4.76. The number of hydrogen-bond acceptors (Lipinski definition) is 5. The van der Waals surface area contributed by atoms with E-state index in [1.165, 1.54) is 25.3 Å². The molecule has 1 saturated heterocycles. The van der Waals surface area contributed by atoms with Crippen molar-refractivity contribution in [3.63, 3.8) is 0 Å². The number of amides is 1. The van der Waals surface area contributed by atoms with Gasteiger partial charge in [-0.15, -0.1) is 0 Å². The minimum atomic E-state index is -3.73. The molecule has 0 unspecified atom stereocenters. The molecule has 7 heteroatoms. The van der Waals surface area contributed by atoms with Gasteiger partial charge < -0.3 is 15.4 Å². The lowest BCUT2D eigenvalue weighted by Crippen LogP contribution is -2.33. The van der Waals surface area contributed by atoms with Gasteiger partial charge in [0.1, 0.15) is 16.4 Å². The number of ether oxygens (including phenoxy) is 1. The van der Waals surface area contributed by atoms with E-state index in [9.17, 15) is 13.2 Å². The average molecular weight is 298 g/mol. The van der Waals surface area contributed by atoms with Crippen LogP contribution in [0.5, 0.6) is 5.75 Å². The van der Waals surface area contributed by atoms with Gasteiger partial charge >= 0.3 is 0 Å². The molecule has 0 saturated carbocycles. The van der Waals surface area contributed by atoms with Crippen LogP contribution < -0.4 is 10.5 Å². The maximum atomic E-state index is 12.3. The Bertz CT molecular complexity index is 607. The second kappa shape index (κ2) is 5.70. The van der Waals surface area contributed by atoms with Gasteiger partial charge in [0.15, 0.2) is 9.84 Å². The number of hydrogen-bond donors (Lipinski definition) is 1. The fourth-order valence-corrected chi connectivity index (χ4v) is 3.63. The smallest absolute Gasteiger partial charge is 0.238 e. The van der Waals surface area contributed by atoms with Gasteiger partial charge in [0, 0.05) is 24.8 Å². The molecular formula is C13H18N2O4S. The highest BCUT2D eigenvalue weighted by Gasteiger charge is 2.27. The molecule has 2 N–H and O–H groups in total. The molecule has 0 radical (unpaired) electrons. The lowest BCUT2D eigenvalue weighted by atomic mass is 10.3. The van der Waals surface area contributed by atoms with Crippen molar-refractivity contribution in [1.82, 2.24) is 4.90 Å². The van der Waals surface area contributed by atoms with Crippen LogP contribution in [0, 0.1) is 0 Å². The number of carbonyl (C=O) groups excluding carboxylic acids is 1. The van der Waals surface area contributed by atoms with Crippen LogP contribution in [-0.2, 0) is 14.6 Å². The Morgan fingerprint density at radius 3 is 2.60 bits per heavy atom. The molecule has 110 valence electrons. The van der Waals surface area contributed by atoms with Crippen LogP contribution in [0.2, 0.25) is 0 Å². The molecule has 6 nitrogen and oxygen atoms in total. The molecule has 0 aromatic heterocycles. The molecule has 1 fully saturated rings. The number of nitrogen functional groups attached to an aromatic ring is 1. The number of sulfone groups is 1. The zero-order valence-electron chi connectivity index (χ0n) is 11.3. The van der Waals surface area contributed by atoms with Gasteiger partial charge in [-0.25, -0.2) is 8.42 Å². The van der Waals surface area contributed by atoms with E-state index in [1.54, 1.807) is 4.90 Å². The summed E-state index contributed by atoms with van der Waals surface area (Å²) in [6, 6.07) is 4.30. The van der Waals surface area contributed by atoms with Crippen molar-refractivity contribution in [2.75, 3.05) is 31.7 Å². The molecular weight excluding hydrogens is 280 g/mol. The third-order valence-electron chi connectivity index (χ3n) is 3.30. The summed E-state index contributed by atoms with van der Waals surface area (Å²) in [4.78, 5) is 13.6. The van der Waals surface area contributed by atoms with Crippen LogP contribution in [0.25, 0.3) is 0 Å². The Balaban J connectivity index is 2.24. The van der Waals surface area contributed by atoms with Crippen LogP contribution in [-0.4, -0.2) is 45.2 Å². The van der Waals surface area contributed by atoms with Crippen molar-refractivity contribution < 1.29 is 17.9 Å². The maximum Gasteiger partial charge on any atom is 0.238 e. The molecule has 0 atom stereocenters. The molecule has 1 aromatic carbocycles. The van der Waals surface area contributed by atoms with Crippen molar-refractivity contribution in [2.24, 2.45) is 0 Å². The molecule has 0 spiro atoms. The lowest BCUT2D eigenvalue weighted by Gasteiger charge is -2.16. The van der Waals surface area contributed by atoms with E-state index >= 15 is 0 Å². The summed E-state index contributed by atoms with van der Waals surface area (Å²) < 4.78 is 29.7. The van der Waals surface area contributed by atoms with Gasteiger partial charge in [-0.05, 0) is 25.0 Å². The van der Waals surface area contributed by atoms with E-state index in [0.717, 1.165) is 12.8 Å². The maximum absolute atomic E-state index is 12.3. The predicted molar refractivity (Wildman–Crippen MR) is 75.3 cm³/mol. The molecule has 1 aromatic rings. The molecule has 0 aliphatic carbocycles. The van der Waals surface area contributed by atoms with E-state index in [-0.39, 0.29) is 16.6 Å². The number of benzene rings is 1. The van der Waals surface area contributed by atoms with Crippen LogP contribution >= 0.6 is 0 Å². The zero-order valence-corrected chi connectivity index (χ0v) is 12.1. The minimum absolute atomic E-state index is 0.00162. The minimum Gasteiger partial charge on any atom is -0.495 e. The number of likely N-dealkylation sites (tertiary alicyclic amines) is 1. The Kier molecular flexibility index (Phi) is 4.17. The number of rotatable bonds is 4. The molecule has 20 heavy (non-hydrogen) atoms. The first-order chi connectivity index (χ1) is 9.44. The molecule has 1 amide bonds. The van der Waals surface area contributed by atoms with Gasteiger partial charge in [0.25, 0.3) is 0 Å². The Morgan fingerprint density at radius 1 is 1.35 bits per heavy atom. The molecule has 1 aliphatic heterocycles. The van der Waals surface area contributed by atoms with Crippen molar-refractivity contribution in [3.8, 4) is 5.75 Å². The topological polar surface area (TPSA) is 89.7 Å². The van der Waals surface area contributed by atoms with Gasteiger partial charge in [-0.3, -0.25) is 4.79 Å². The van der Waals surface area contributed by atoms with E-state index in [4.69, 9.17) is 10.5 Å². The standard InChI is InChI=1S/C13H18N2O4S/c1-19-11-8-10(14)4-5-12(11)20(17,18)9-13(16)15-6-2-3-7-15/h4-5,8H,2-3,6-7,9,14H2,1H3. The number of nitrogens with zero attached hydrogens (tertiary/aromatic N) is 1. The van der Waals surface area contributed by atoms with Gasteiger partial charge in [-0.1, -0.05) is 0 Å². The van der Waals surface area contributed by atoms with Crippen LogP contribution in [0.3, 0.4) is 0 Å². The SMILES string of the molecule is COc1cc(N)ccc1S(=O)(=O)CC(=O)N1CCCC1. The summed E-state index contributed by atoms with van der Waals surface area (Å²) in [6.07, 6.45) is 1.86. The largest absolute Gasteiger partial charge is 0.495 e. The molecule has 2 rings (SSSR count). The predicted octanol–water partition coefficient (Wildman–Crippen LogP) is 0.673. The number of nitrogens with two attached hydrogens (primary N) is 1. The quantitative estimate of drug-likeness (QED) is 0.825. The first-order valence-electron chi connectivity index (χ1n) is 6.38. The van der Waals surface area contributed by atoms with E-state index in [1.807, 2.05) is 0 Å². The molecule has 1 heterocycles. The first kappa shape index (κ1) is 14.6. The van der Waals surface area contributed by atoms with E-state index in [0.29, 0.717) is 18.8 Å². The Hall–Kier alpha value is -1.76. The normalized spacial score (nSPS) is 15.3. The average Bonchev–Trinajstić information content (AvgIpc) is 2.91. The fraction of sp³-hybridized carbons (Fsp3) is 0.462. The Morgan fingerprint density at radius 2 is 2.00 bits per heavy atom. The van der Waals surface area contributed by atoms with E-state index in [2.05, 4.69) is 0 Å². The highest BCUT2D eigenvalue weighted by molar-refractivity contribution is 7.92. The number of methoxy groups -OCH3 is 1. The molecule has 0 bridgehead atoms. The van der Waals surface area contributed by atoms with Gasteiger partial charge in [0.2, 0.25) is 5.91 Å².